The zero-order valence-corrected chi connectivity index (χ0v) is 15.9. The van der Waals surface area contributed by atoms with E-state index in [1.807, 2.05) is 41.8 Å². The Morgan fingerprint density at radius 3 is 2.73 bits per heavy atom. The Morgan fingerprint density at radius 1 is 1.19 bits per heavy atom. The van der Waals surface area contributed by atoms with Crippen molar-refractivity contribution in [2.45, 2.75) is 18.8 Å². The number of halogens is 1. The van der Waals surface area contributed by atoms with Gasteiger partial charge in [0.05, 0.1) is 4.88 Å². The highest BCUT2D eigenvalue weighted by atomic mass is 35.5. The predicted molar refractivity (Wildman–Crippen MR) is 103 cm³/mol. The number of rotatable bonds is 6. The van der Waals surface area contributed by atoms with Gasteiger partial charge in [0.1, 0.15) is 12.4 Å². The van der Waals surface area contributed by atoms with Gasteiger partial charge in [-0.15, -0.1) is 11.3 Å². The van der Waals surface area contributed by atoms with E-state index >= 15 is 0 Å². The van der Waals surface area contributed by atoms with Gasteiger partial charge in [0.25, 0.3) is 0 Å². The lowest BCUT2D eigenvalue weighted by molar-refractivity contribution is 0.163. The molecule has 0 saturated carbocycles. The minimum Gasteiger partial charge on any atom is -0.492 e. The average molecular weight is 390 g/mol. The minimum absolute atomic E-state index is 0.352. The lowest BCUT2D eigenvalue weighted by Gasteiger charge is -2.30. The zero-order chi connectivity index (χ0) is 17.8. The lowest BCUT2D eigenvalue weighted by Crippen LogP contribution is -2.35. The second-order valence-electron chi connectivity index (χ2n) is 6.35. The maximum atomic E-state index is 5.88. The van der Waals surface area contributed by atoms with Crippen LogP contribution in [0.1, 0.15) is 24.7 Å². The first-order valence-electron chi connectivity index (χ1n) is 8.76. The number of hydrogen-bond donors (Lipinski definition) is 0. The van der Waals surface area contributed by atoms with E-state index in [-0.39, 0.29) is 0 Å². The molecule has 7 heteroatoms. The van der Waals surface area contributed by atoms with Gasteiger partial charge in [-0.05, 0) is 61.6 Å². The maximum Gasteiger partial charge on any atom is 0.230 e. The second-order valence-corrected chi connectivity index (χ2v) is 7.74. The van der Waals surface area contributed by atoms with E-state index in [2.05, 4.69) is 15.0 Å². The third-order valence-electron chi connectivity index (χ3n) is 4.61. The molecule has 5 nitrogen and oxygen atoms in total. The van der Waals surface area contributed by atoms with Crippen LogP contribution in [-0.4, -0.2) is 41.3 Å². The summed E-state index contributed by atoms with van der Waals surface area (Å²) in [5, 5.41) is 6.87. The maximum absolute atomic E-state index is 5.88. The van der Waals surface area contributed by atoms with Crippen molar-refractivity contribution < 1.29 is 9.26 Å². The van der Waals surface area contributed by atoms with Gasteiger partial charge in [-0.2, -0.15) is 4.98 Å². The average Bonchev–Trinajstić information content (AvgIpc) is 3.36. The number of piperidine rings is 1. The van der Waals surface area contributed by atoms with Crippen molar-refractivity contribution in [1.29, 1.82) is 0 Å². The topological polar surface area (TPSA) is 51.4 Å². The molecule has 2 aromatic heterocycles. The van der Waals surface area contributed by atoms with E-state index in [4.69, 9.17) is 20.9 Å². The van der Waals surface area contributed by atoms with Gasteiger partial charge in [0, 0.05) is 17.5 Å². The molecule has 3 heterocycles. The van der Waals surface area contributed by atoms with E-state index in [1.54, 1.807) is 11.3 Å². The molecule has 0 N–H and O–H groups in total. The zero-order valence-electron chi connectivity index (χ0n) is 14.3. The molecular weight excluding hydrogens is 370 g/mol. The van der Waals surface area contributed by atoms with E-state index in [0.717, 1.165) is 54.0 Å². The van der Waals surface area contributed by atoms with Crippen LogP contribution in [0.5, 0.6) is 5.75 Å². The summed E-state index contributed by atoms with van der Waals surface area (Å²) in [6.45, 7) is 3.63. The quantitative estimate of drug-likeness (QED) is 0.611. The molecular formula is C19H20ClN3O2S. The van der Waals surface area contributed by atoms with Crippen LogP contribution in [0.4, 0.5) is 0 Å². The standard InChI is InChI=1S/C19H20ClN3O2S/c20-15-3-5-16(6-4-15)24-12-11-23-9-7-14(8-10-23)19-21-18(22-25-19)17-2-1-13-26-17/h1-6,13-14H,7-12H2. The van der Waals surface area contributed by atoms with Crippen molar-refractivity contribution >= 4 is 22.9 Å². The van der Waals surface area contributed by atoms with Gasteiger partial charge in [0.2, 0.25) is 11.7 Å². The third kappa shape index (κ3) is 4.26. The third-order valence-corrected chi connectivity index (χ3v) is 5.73. The van der Waals surface area contributed by atoms with Gasteiger partial charge < -0.3 is 9.26 Å². The first-order valence-corrected chi connectivity index (χ1v) is 10.0. The Hall–Kier alpha value is -1.89. The molecule has 1 aromatic carbocycles. The molecule has 0 aliphatic carbocycles. The Morgan fingerprint density at radius 2 is 2.00 bits per heavy atom. The van der Waals surface area contributed by atoms with Crippen LogP contribution in [-0.2, 0) is 0 Å². The highest BCUT2D eigenvalue weighted by Gasteiger charge is 2.25. The van der Waals surface area contributed by atoms with Crippen molar-refractivity contribution in [2.75, 3.05) is 26.2 Å². The molecule has 1 saturated heterocycles. The van der Waals surface area contributed by atoms with Crippen molar-refractivity contribution in [1.82, 2.24) is 15.0 Å². The molecule has 26 heavy (non-hydrogen) atoms. The van der Waals surface area contributed by atoms with Gasteiger partial charge in [-0.3, -0.25) is 4.90 Å². The van der Waals surface area contributed by atoms with Crippen LogP contribution >= 0.6 is 22.9 Å². The Balaban J connectivity index is 1.23. The molecule has 136 valence electrons. The molecule has 1 aliphatic heterocycles. The summed E-state index contributed by atoms with van der Waals surface area (Å²) < 4.78 is 11.3. The van der Waals surface area contributed by atoms with E-state index in [1.165, 1.54) is 0 Å². The first kappa shape index (κ1) is 17.5. The molecule has 4 rings (SSSR count). The van der Waals surface area contributed by atoms with Crippen LogP contribution in [0.2, 0.25) is 5.02 Å². The predicted octanol–water partition coefficient (Wildman–Crippen LogP) is 4.71. The minimum atomic E-state index is 0.352. The highest BCUT2D eigenvalue weighted by molar-refractivity contribution is 7.13. The van der Waals surface area contributed by atoms with E-state index < -0.39 is 0 Å². The Bertz CT molecular complexity index is 812. The van der Waals surface area contributed by atoms with Crippen molar-refractivity contribution in [2.24, 2.45) is 0 Å². The van der Waals surface area contributed by atoms with E-state index in [9.17, 15) is 0 Å². The number of likely N-dealkylation sites (tertiary alicyclic amines) is 1. The largest absolute Gasteiger partial charge is 0.492 e. The van der Waals surface area contributed by atoms with Gasteiger partial charge in [0.15, 0.2) is 0 Å². The molecule has 0 spiro atoms. The molecule has 1 fully saturated rings. The fraction of sp³-hybridized carbons (Fsp3) is 0.368. The summed E-state index contributed by atoms with van der Waals surface area (Å²) in [5.41, 5.74) is 0. The fourth-order valence-corrected chi connectivity index (χ4v) is 3.91. The van der Waals surface area contributed by atoms with E-state index in [0.29, 0.717) is 18.3 Å². The van der Waals surface area contributed by atoms with Gasteiger partial charge >= 0.3 is 0 Å². The van der Waals surface area contributed by atoms with Gasteiger partial charge in [-0.1, -0.05) is 22.8 Å². The summed E-state index contributed by atoms with van der Waals surface area (Å²) in [5.74, 6) is 2.68. The summed E-state index contributed by atoms with van der Waals surface area (Å²) >= 11 is 7.51. The number of nitrogens with zero attached hydrogens (tertiary/aromatic N) is 3. The number of benzene rings is 1. The normalized spacial score (nSPS) is 16.0. The number of ether oxygens (including phenoxy) is 1. The van der Waals surface area contributed by atoms with Crippen molar-refractivity contribution in [3.63, 3.8) is 0 Å². The van der Waals surface area contributed by atoms with Crippen molar-refractivity contribution in [3.8, 4) is 16.5 Å². The summed E-state index contributed by atoms with van der Waals surface area (Å²) in [4.78, 5) is 8.06. The molecule has 1 aliphatic rings. The first-order chi connectivity index (χ1) is 12.8. The molecule has 0 amide bonds. The number of aromatic nitrogens is 2. The van der Waals surface area contributed by atoms with Crippen LogP contribution in [0, 0.1) is 0 Å². The second kappa shape index (κ2) is 8.20. The fourth-order valence-electron chi connectivity index (χ4n) is 3.13. The molecule has 0 radical (unpaired) electrons. The molecule has 3 aromatic rings. The Labute approximate surface area is 161 Å². The summed E-state index contributed by atoms with van der Waals surface area (Å²) in [6.07, 6.45) is 2.07. The SMILES string of the molecule is Clc1ccc(OCCN2CCC(c3nc(-c4cccs4)no3)CC2)cc1. The summed E-state index contributed by atoms with van der Waals surface area (Å²) in [7, 11) is 0. The van der Waals surface area contributed by atoms with Crippen LogP contribution in [0.15, 0.2) is 46.3 Å². The number of thiophene rings is 1. The van der Waals surface area contributed by atoms with Crippen molar-refractivity contribution in [3.05, 3.63) is 52.7 Å². The lowest BCUT2D eigenvalue weighted by atomic mass is 9.97. The smallest absolute Gasteiger partial charge is 0.230 e. The van der Waals surface area contributed by atoms with Gasteiger partial charge in [-0.25, -0.2) is 0 Å². The molecule has 0 unspecified atom stereocenters. The monoisotopic (exact) mass is 389 g/mol. The van der Waals surface area contributed by atoms with Crippen LogP contribution in [0.3, 0.4) is 0 Å². The molecule has 0 bridgehead atoms. The van der Waals surface area contributed by atoms with Crippen LogP contribution in [0.25, 0.3) is 10.7 Å². The number of hydrogen-bond acceptors (Lipinski definition) is 6. The highest BCUT2D eigenvalue weighted by Crippen LogP contribution is 2.29. The Kier molecular flexibility index (Phi) is 5.53. The molecule has 0 atom stereocenters. The van der Waals surface area contributed by atoms with Crippen LogP contribution < -0.4 is 4.74 Å². The summed E-state index contributed by atoms with van der Waals surface area (Å²) in [6, 6.07) is 11.5.